The van der Waals surface area contributed by atoms with Crippen molar-refractivity contribution in [1.82, 2.24) is 0 Å². The molecule has 25 heavy (non-hydrogen) atoms. The molecule has 7 heteroatoms. The van der Waals surface area contributed by atoms with Crippen LogP contribution in [0.5, 0.6) is 5.75 Å². The number of methoxy groups -OCH3 is 1. The monoisotopic (exact) mass is 381 g/mol. The second-order valence-corrected chi connectivity index (χ2v) is 5.99. The zero-order chi connectivity index (χ0) is 18.4. The largest absolute Gasteiger partial charge is 0.481 e. The fraction of sp³-hybridized carbons (Fsp3) is 0.222. The van der Waals surface area contributed by atoms with Gasteiger partial charge in [-0.1, -0.05) is 30.1 Å². The highest BCUT2D eigenvalue weighted by molar-refractivity contribution is 6.33. The smallest absolute Gasteiger partial charge is 0.339 e. The number of hydrogen-bond acceptors (Lipinski definition) is 4. The first-order chi connectivity index (χ1) is 11.9. The third-order valence-electron chi connectivity index (χ3n) is 3.39. The molecule has 1 amide bonds. The number of carbonyl (C=O) groups excluding carboxylic acids is 2. The topological polar surface area (TPSA) is 64.6 Å². The third kappa shape index (κ3) is 5.11. The lowest BCUT2D eigenvalue weighted by Gasteiger charge is -2.17. The average Bonchev–Trinajstić information content (AvgIpc) is 2.62. The maximum absolute atomic E-state index is 12.4. The fourth-order valence-corrected chi connectivity index (χ4v) is 2.41. The molecule has 0 unspecified atom stereocenters. The number of benzene rings is 2. The Kier molecular flexibility index (Phi) is 6.67. The van der Waals surface area contributed by atoms with Crippen molar-refractivity contribution in [2.45, 2.75) is 19.4 Å². The lowest BCUT2D eigenvalue weighted by atomic mass is 10.2. The van der Waals surface area contributed by atoms with E-state index in [0.717, 1.165) is 0 Å². The van der Waals surface area contributed by atoms with Crippen LogP contribution in [-0.2, 0) is 9.53 Å². The summed E-state index contributed by atoms with van der Waals surface area (Å²) in [4.78, 5) is 24.1. The molecule has 0 saturated carbocycles. The maximum Gasteiger partial charge on any atom is 0.339 e. The van der Waals surface area contributed by atoms with E-state index in [-0.39, 0.29) is 16.5 Å². The quantitative estimate of drug-likeness (QED) is 0.743. The van der Waals surface area contributed by atoms with Crippen LogP contribution < -0.4 is 10.1 Å². The lowest BCUT2D eigenvalue weighted by molar-refractivity contribution is -0.122. The average molecular weight is 382 g/mol. The Morgan fingerprint density at radius 2 is 1.80 bits per heavy atom. The number of nitrogens with one attached hydrogen (secondary N) is 1. The molecule has 2 aromatic rings. The summed E-state index contributed by atoms with van der Waals surface area (Å²) in [6.07, 6.45) is -0.232. The van der Waals surface area contributed by atoms with Gasteiger partial charge in [-0.15, -0.1) is 0 Å². The van der Waals surface area contributed by atoms with Crippen LogP contribution in [0, 0.1) is 0 Å². The van der Waals surface area contributed by atoms with E-state index in [1.54, 1.807) is 30.3 Å². The molecular weight excluding hydrogens is 365 g/mol. The van der Waals surface area contributed by atoms with E-state index >= 15 is 0 Å². The molecule has 0 bridgehead atoms. The number of hydrogen-bond donors (Lipinski definition) is 1. The van der Waals surface area contributed by atoms with Gasteiger partial charge in [0.1, 0.15) is 5.75 Å². The molecule has 2 aromatic carbocycles. The van der Waals surface area contributed by atoms with Gasteiger partial charge in [0.15, 0.2) is 6.10 Å². The molecular formula is C18H17Cl2NO4. The third-order valence-corrected chi connectivity index (χ3v) is 3.98. The van der Waals surface area contributed by atoms with Gasteiger partial charge in [-0.2, -0.15) is 0 Å². The first-order valence-electron chi connectivity index (χ1n) is 7.55. The van der Waals surface area contributed by atoms with Gasteiger partial charge in [-0.3, -0.25) is 4.79 Å². The minimum atomic E-state index is -0.696. The molecule has 0 aromatic heterocycles. The Bertz CT molecular complexity index is 762. The predicted molar refractivity (Wildman–Crippen MR) is 97.6 cm³/mol. The molecule has 0 heterocycles. The number of amides is 1. The lowest BCUT2D eigenvalue weighted by Crippen LogP contribution is -2.32. The van der Waals surface area contributed by atoms with Crippen LogP contribution in [0.15, 0.2) is 42.5 Å². The van der Waals surface area contributed by atoms with Crippen LogP contribution in [0.1, 0.15) is 23.7 Å². The van der Waals surface area contributed by atoms with Crippen LogP contribution >= 0.6 is 23.2 Å². The summed E-state index contributed by atoms with van der Waals surface area (Å²) in [5, 5.41) is 3.54. The van der Waals surface area contributed by atoms with Gasteiger partial charge >= 0.3 is 5.97 Å². The minimum Gasteiger partial charge on any atom is -0.481 e. The number of ether oxygens (including phenoxy) is 2. The van der Waals surface area contributed by atoms with E-state index in [1.165, 1.54) is 19.2 Å². The number of esters is 1. The molecule has 2 rings (SSSR count). The summed E-state index contributed by atoms with van der Waals surface area (Å²) in [6, 6.07) is 11.3. The molecule has 0 saturated heterocycles. The Hall–Kier alpha value is -2.24. The Morgan fingerprint density at radius 3 is 2.40 bits per heavy atom. The Balaban J connectivity index is 2.11. The van der Waals surface area contributed by atoms with Crippen LogP contribution in [0.2, 0.25) is 10.0 Å². The zero-order valence-corrected chi connectivity index (χ0v) is 15.2. The van der Waals surface area contributed by atoms with Crippen LogP contribution in [0.25, 0.3) is 0 Å². The van der Waals surface area contributed by atoms with Crippen molar-refractivity contribution in [3.8, 4) is 5.75 Å². The van der Waals surface area contributed by atoms with E-state index < -0.39 is 12.1 Å². The van der Waals surface area contributed by atoms with Gasteiger partial charge < -0.3 is 14.8 Å². The number of halogens is 2. The molecule has 0 aliphatic carbocycles. The van der Waals surface area contributed by atoms with Gasteiger partial charge in [0.25, 0.3) is 5.91 Å². The van der Waals surface area contributed by atoms with Gasteiger partial charge in [0.2, 0.25) is 0 Å². The SMILES string of the molecule is CC[C@@H](Oc1ccc(Cl)cc1)C(=O)Nc1ccc(Cl)c(C(=O)OC)c1. The highest BCUT2D eigenvalue weighted by atomic mass is 35.5. The van der Waals surface area contributed by atoms with Gasteiger partial charge in [0, 0.05) is 10.7 Å². The molecule has 1 N–H and O–H groups in total. The predicted octanol–water partition coefficient (Wildman–Crippen LogP) is 4.58. The molecule has 1 atom stereocenters. The molecule has 132 valence electrons. The number of anilines is 1. The fourth-order valence-electron chi connectivity index (χ4n) is 2.09. The van der Waals surface area contributed by atoms with Crippen molar-refractivity contribution < 1.29 is 19.1 Å². The van der Waals surface area contributed by atoms with E-state index in [4.69, 9.17) is 27.9 Å². The van der Waals surface area contributed by atoms with Crippen molar-refractivity contribution in [1.29, 1.82) is 0 Å². The van der Waals surface area contributed by atoms with E-state index in [1.807, 2.05) is 6.92 Å². The van der Waals surface area contributed by atoms with E-state index in [0.29, 0.717) is 22.9 Å². The van der Waals surface area contributed by atoms with E-state index in [9.17, 15) is 9.59 Å². The van der Waals surface area contributed by atoms with Gasteiger partial charge in [0.05, 0.1) is 17.7 Å². The standard InChI is InChI=1S/C18H17Cl2NO4/c1-3-16(25-13-7-4-11(19)5-8-13)17(22)21-12-6-9-15(20)14(10-12)18(23)24-2/h4-10,16H,3H2,1-2H3,(H,21,22)/t16-/m1/s1. The normalized spacial score (nSPS) is 11.5. The van der Waals surface area contributed by atoms with Gasteiger partial charge in [-0.25, -0.2) is 4.79 Å². The molecule has 5 nitrogen and oxygen atoms in total. The minimum absolute atomic E-state index is 0.175. The van der Waals surface area contributed by atoms with Gasteiger partial charge in [-0.05, 0) is 48.9 Å². The molecule has 0 spiro atoms. The van der Waals surface area contributed by atoms with Crippen molar-refractivity contribution in [2.24, 2.45) is 0 Å². The number of rotatable bonds is 6. The second-order valence-electron chi connectivity index (χ2n) is 5.14. The summed E-state index contributed by atoms with van der Waals surface area (Å²) in [5.41, 5.74) is 0.599. The summed E-state index contributed by atoms with van der Waals surface area (Å²) in [5.74, 6) is -0.376. The summed E-state index contributed by atoms with van der Waals surface area (Å²) >= 11 is 11.8. The second kappa shape index (κ2) is 8.74. The summed E-state index contributed by atoms with van der Waals surface area (Å²) in [6.45, 7) is 1.84. The Morgan fingerprint density at radius 1 is 1.12 bits per heavy atom. The maximum atomic E-state index is 12.4. The zero-order valence-electron chi connectivity index (χ0n) is 13.7. The summed E-state index contributed by atoms with van der Waals surface area (Å²) in [7, 11) is 1.26. The van der Waals surface area contributed by atoms with E-state index in [2.05, 4.69) is 10.1 Å². The van der Waals surface area contributed by atoms with Crippen molar-refractivity contribution in [2.75, 3.05) is 12.4 Å². The van der Waals surface area contributed by atoms with Crippen LogP contribution in [-0.4, -0.2) is 25.1 Å². The first-order valence-corrected chi connectivity index (χ1v) is 8.31. The summed E-state index contributed by atoms with van der Waals surface area (Å²) < 4.78 is 10.3. The highest BCUT2D eigenvalue weighted by Gasteiger charge is 2.20. The molecule has 0 fully saturated rings. The molecule has 0 aliphatic rings. The van der Waals surface area contributed by atoms with Crippen LogP contribution in [0.3, 0.4) is 0 Å². The van der Waals surface area contributed by atoms with Crippen molar-refractivity contribution in [3.05, 3.63) is 58.1 Å². The molecule has 0 radical (unpaired) electrons. The van der Waals surface area contributed by atoms with Crippen LogP contribution in [0.4, 0.5) is 5.69 Å². The van der Waals surface area contributed by atoms with Crippen molar-refractivity contribution in [3.63, 3.8) is 0 Å². The Labute approximate surface area is 155 Å². The molecule has 0 aliphatic heterocycles. The highest BCUT2D eigenvalue weighted by Crippen LogP contribution is 2.22. The first kappa shape index (κ1) is 19.1. The van der Waals surface area contributed by atoms with Crippen molar-refractivity contribution >= 4 is 40.8 Å². The number of carbonyl (C=O) groups is 2.